The van der Waals surface area contributed by atoms with E-state index in [1.807, 2.05) is 18.2 Å². The Bertz CT molecular complexity index is 816. The van der Waals surface area contributed by atoms with Crippen molar-refractivity contribution in [3.63, 3.8) is 0 Å². The molecule has 1 saturated heterocycles. The Morgan fingerprint density at radius 2 is 1.93 bits per heavy atom. The maximum absolute atomic E-state index is 12.2. The van der Waals surface area contributed by atoms with E-state index in [-0.39, 0.29) is 5.91 Å². The molecule has 0 atom stereocenters. The largest absolute Gasteiger partial charge is 0.495 e. The molecule has 7 heteroatoms. The number of amides is 1. The van der Waals surface area contributed by atoms with Gasteiger partial charge < -0.3 is 19.9 Å². The third kappa shape index (κ3) is 4.36. The Balaban J connectivity index is 1.71. The number of carbonyl (C=O) groups excluding carboxylic acids is 1. The highest BCUT2D eigenvalue weighted by atomic mass is 16.5. The highest BCUT2D eigenvalue weighted by Gasteiger charge is 2.22. The maximum Gasteiger partial charge on any atom is 0.270 e. The quantitative estimate of drug-likeness (QED) is 0.788. The van der Waals surface area contributed by atoms with Gasteiger partial charge in [0.2, 0.25) is 0 Å². The van der Waals surface area contributed by atoms with Crippen LogP contribution in [0.4, 0.5) is 11.5 Å². The first kappa shape index (κ1) is 18.7. The van der Waals surface area contributed by atoms with Crippen LogP contribution in [0.3, 0.4) is 0 Å². The van der Waals surface area contributed by atoms with Crippen molar-refractivity contribution < 1.29 is 9.53 Å². The number of anilines is 2. The third-order valence-electron chi connectivity index (χ3n) is 4.49. The summed E-state index contributed by atoms with van der Waals surface area (Å²) in [6.07, 6.45) is 1.64. The van der Waals surface area contributed by atoms with E-state index >= 15 is 0 Å². The molecule has 1 fully saturated rings. The van der Waals surface area contributed by atoms with Gasteiger partial charge in [-0.1, -0.05) is 18.2 Å². The Morgan fingerprint density at radius 3 is 2.63 bits per heavy atom. The molecule has 0 saturated carbocycles. The van der Waals surface area contributed by atoms with Gasteiger partial charge in [0.15, 0.2) is 0 Å². The summed E-state index contributed by atoms with van der Waals surface area (Å²) in [4.78, 5) is 25.5. The van der Waals surface area contributed by atoms with E-state index in [1.54, 1.807) is 26.2 Å². The topological polar surface area (TPSA) is 70.6 Å². The molecular weight excluding hydrogens is 342 g/mol. The minimum absolute atomic E-state index is 0.214. The normalized spacial score (nSPS) is 14.0. The van der Waals surface area contributed by atoms with E-state index in [1.165, 1.54) is 0 Å². The lowest BCUT2D eigenvalue weighted by Crippen LogP contribution is -2.47. The zero-order valence-electron chi connectivity index (χ0n) is 15.8. The molecule has 1 aromatic carbocycles. The molecule has 1 aliphatic heterocycles. The summed E-state index contributed by atoms with van der Waals surface area (Å²) in [5, 5.41) is 2.76. The van der Waals surface area contributed by atoms with Crippen molar-refractivity contribution in [1.29, 1.82) is 0 Å². The number of hydrogen-bond donors (Lipinski definition) is 1. The van der Waals surface area contributed by atoms with E-state index < -0.39 is 0 Å². The molecule has 7 nitrogen and oxygen atoms in total. The van der Waals surface area contributed by atoms with Crippen molar-refractivity contribution in [1.82, 2.24) is 15.3 Å². The van der Waals surface area contributed by atoms with E-state index in [2.05, 4.69) is 37.7 Å². The monoisotopic (exact) mass is 367 g/mol. The van der Waals surface area contributed by atoms with Crippen LogP contribution in [-0.4, -0.2) is 55.7 Å². The van der Waals surface area contributed by atoms with Crippen molar-refractivity contribution in [2.24, 2.45) is 0 Å². The Labute approximate surface area is 159 Å². The number of ether oxygens (including phenoxy) is 1. The number of para-hydroxylation sites is 2. The molecule has 27 heavy (non-hydrogen) atoms. The zero-order valence-corrected chi connectivity index (χ0v) is 15.8. The molecule has 0 bridgehead atoms. The fourth-order valence-electron chi connectivity index (χ4n) is 3.15. The smallest absolute Gasteiger partial charge is 0.270 e. The van der Waals surface area contributed by atoms with Crippen LogP contribution in [0.2, 0.25) is 0 Å². The number of nitrogens with zero attached hydrogens (tertiary/aromatic N) is 4. The van der Waals surface area contributed by atoms with Gasteiger partial charge in [-0.3, -0.25) is 4.79 Å². The molecule has 1 N–H and O–H groups in total. The number of aromatic nitrogens is 2. The van der Waals surface area contributed by atoms with Gasteiger partial charge in [0, 0.05) is 38.8 Å². The summed E-state index contributed by atoms with van der Waals surface area (Å²) in [6, 6.07) is 9.80. The number of benzene rings is 1. The van der Waals surface area contributed by atoms with Crippen molar-refractivity contribution in [2.75, 3.05) is 49.6 Å². The first-order valence-electron chi connectivity index (χ1n) is 9.00. The maximum atomic E-state index is 12.2. The summed E-state index contributed by atoms with van der Waals surface area (Å²) in [5.74, 6) is 2.04. The molecule has 2 heterocycles. The van der Waals surface area contributed by atoms with E-state index in [0.29, 0.717) is 18.1 Å². The van der Waals surface area contributed by atoms with Gasteiger partial charge in [-0.15, -0.1) is 6.58 Å². The lowest BCUT2D eigenvalue weighted by molar-refractivity contribution is 0.0952. The van der Waals surface area contributed by atoms with Gasteiger partial charge in [-0.2, -0.15) is 0 Å². The molecule has 142 valence electrons. The van der Waals surface area contributed by atoms with Crippen LogP contribution < -0.4 is 19.9 Å². The average molecular weight is 367 g/mol. The van der Waals surface area contributed by atoms with Crippen LogP contribution in [0.25, 0.3) is 0 Å². The van der Waals surface area contributed by atoms with Crippen molar-refractivity contribution in [3.05, 3.63) is 54.5 Å². The number of piperazine rings is 1. The number of aryl methyl sites for hydroxylation is 1. The average Bonchev–Trinajstić information content (AvgIpc) is 2.71. The third-order valence-corrected chi connectivity index (χ3v) is 4.49. The molecule has 0 aliphatic carbocycles. The molecule has 0 unspecified atom stereocenters. The lowest BCUT2D eigenvalue weighted by Gasteiger charge is -2.37. The zero-order chi connectivity index (χ0) is 19.2. The van der Waals surface area contributed by atoms with Gasteiger partial charge in [-0.25, -0.2) is 9.97 Å². The Hall–Kier alpha value is -3.09. The first-order chi connectivity index (χ1) is 13.1. The van der Waals surface area contributed by atoms with Gasteiger partial charge >= 0.3 is 0 Å². The first-order valence-corrected chi connectivity index (χ1v) is 9.00. The molecule has 0 radical (unpaired) electrons. The van der Waals surface area contributed by atoms with Crippen LogP contribution in [0.15, 0.2) is 43.0 Å². The summed E-state index contributed by atoms with van der Waals surface area (Å²) in [6.45, 7) is 9.14. The predicted molar refractivity (Wildman–Crippen MR) is 107 cm³/mol. The molecular formula is C20H25N5O2. The Kier molecular flexibility index (Phi) is 5.90. The number of nitrogens with one attached hydrogen (secondary N) is 1. The fraction of sp³-hybridized carbons (Fsp3) is 0.350. The second-order valence-corrected chi connectivity index (χ2v) is 6.30. The SMILES string of the molecule is C=CCNC(=O)c1cc(N2CCN(c3ccccc3OC)CC2)nc(C)n1. The summed E-state index contributed by atoms with van der Waals surface area (Å²) in [7, 11) is 1.69. The summed E-state index contributed by atoms with van der Waals surface area (Å²) in [5.41, 5.74) is 1.48. The molecule has 1 aliphatic rings. The highest BCUT2D eigenvalue weighted by molar-refractivity contribution is 5.93. The van der Waals surface area contributed by atoms with Crippen LogP contribution >= 0.6 is 0 Å². The Morgan fingerprint density at radius 1 is 1.22 bits per heavy atom. The van der Waals surface area contributed by atoms with Gasteiger partial charge in [0.25, 0.3) is 5.91 Å². The molecule has 0 spiro atoms. The van der Waals surface area contributed by atoms with Crippen molar-refractivity contribution in [3.8, 4) is 5.75 Å². The van der Waals surface area contributed by atoms with E-state index in [0.717, 1.165) is 43.4 Å². The molecule has 2 aromatic rings. The molecule has 1 aromatic heterocycles. The number of rotatable bonds is 6. The van der Waals surface area contributed by atoms with Crippen LogP contribution in [0.1, 0.15) is 16.3 Å². The fourth-order valence-corrected chi connectivity index (χ4v) is 3.15. The van der Waals surface area contributed by atoms with E-state index in [9.17, 15) is 4.79 Å². The standard InChI is InChI=1S/C20H25N5O2/c1-4-9-21-20(26)16-14-19(23-15(2)22-16)25-12-10-24(11-13-25)17-7-5-6-8-18(17)27-3/h4-8,14H,1,9-13H2,2-3H3,(H,21,26). The minimum Gasteiger partial charge on any atom is -0.495 e. The van der Waals surface area contributed by atoms with Crippen LogP contribution in [0, 0.1) is 6.92 Å². The predicted octanol–water partition coefficient (Wildman–Crippen LogP) is 2.04. The number of hydrogen-bond acceptors (Lipinski definition) is 6. The van der Waals surface area contributed by atoms with Gasteiger partial charge in [0.1, 0.15) is 23.1 Å². The second kappa shape index (κ2) is 8.53. The van der Waals surface area contributed by atoms with Crippen LogP contribution in [-0.2, 0) is 0 Å². The number of carbonyl (C=O) groups is 1. The minimum atomic E-state index is -0.214. The van der Waals surface area contributed by atoms with Crippen LogP contribution in [0.5, 0.6) is 5.75 Å². The molecule has 3 rings (SSSR count). The van der Waals surface area contributed by atoms with Crippen molar-refractivity contribution in [2.45, 2.75) is 6.92 Å². The summed E-state index contributed by atoms with van der Waals surface area (Å²) < 4.78 is 5.47. The number of methoxy groups -OCH3 is 1. The highest BCUT2D eigenvalue weighted by Crippen LogP contribution is 2.29. The van der Waals surface area contributed by atoms with E-state index in [4.69, 9.17) is 4.74 Å². The lowest BCUT2D eigenvalue weighted by atomic mass is 10.2. The summed E-state index contributed by atoms with van der Waals surface area (Å²) >= 11 is 0. The molecule has 1 amide bonds. The van der Waals surface area contributed by atoms with Gasteiger partial charge in [0.05, 0.1) is 12.8 Å². The van der Waals surface area contributed by atoms with Gasteiger partial charge in [-0.05, 0) is 19.1 Å². The van der Waals surface area contributed by atoms with Crippen molar-refractivity contribution >= 4 is 17.4 Å². The second-order valence-electron chi connectivity index (χ2n) is 6.30.